The number of rotatable bonds is 7. The maximum atomic E-state index is 13.4. The van der Waals surface area contributed by atoms with Gasteiger partial charge in [0.05, 0.1) is 0 Å². The van der Waals surface area contributed by atoms with Gasteiger partial charge in [-0.2, -0.15) is 0 Å². The van der Waals surface area contributed by atoms with Crippen LogP contribution >= 0.6 is 11.9 Å². The van der Waals surface area contributed by atoms with Crippen LogP contribution in [0.1, 0.15) is 68.1 Å². The van der Waals surface area contributed by atoms with Gasteiger partial charge in [0.2, 0.25) is 0 Å². The second kappa shape index (κ2) is 8.99. The van der Waals surface area contributed by atoms with Crippen LogP contribution in [0, 0.1) is 5.41 Å². The van der Waals surface area contributed by atoms with Gasteiger partial charge in [-0.3, -0.25) is 0 Å². The summed E-state index contributed by atoms with van der Waals surface area (Å²) in [5, 5.41) is 8.10. The Morgan fingerprint density at radius 2 is 2.00 bits per heavy atom. The van der Waals surface area contributed by atoms with Gasteiger partial charge in [-0.25, -0.2) is 0 Å². The number of pyridine rings is 1. The summed E-state index contributed by atoms with van der Waals surface area (Å²) in [6, 6.07) is 2.32. The number of piperidine rings is 1. The Morgan fingerprint density at radius 1 is 1.22 bits per heavy atom. The van der Waals surface area contributed by atoms with Gasteiger partial charge in [-0.05, 0) is 0 Å². The molecule has 0 radical (unpaired) electrons. The van der Waals surface area contributed by atoms with E-state index in [1.165, 1.54) is 12.8 Å². The van der Waals surface area contributed by atoms with E-state index in [1.807, 2.05) is 0 Å². The van der Waals surface area contributed by atoms with Crippen molar-refractivity contribution in [2.45, 2.75) is 74.3 Å². The molecular formula is C25H31F2N7OSSe. The first-order valence-electron chi connectivity index (χ1n) is 13.0. The average molecular weight is 595 g/mol. The zero-order valence-electron chi connectivity index (χ0n) is 20.8. The molecule has 2 saturated carbocycles. The molecule has 8 nitrogen and oxygen atoms in total. The van der Waals surface area contributed by atoms with Gasteiger partial charge >= 0.3 is 225 Å². The van der Waals surface area contributed by atoms with Gasteiger partial charge in [0.1, 0.15) is 0 Å². The molecule has 4 aliphatic rings. The Morgan fingerprint density at radius 3 is 2.62 bits per heavy atom. The van der Waals surface area contributed by atoms with Gasteiger partial charge < -0.3 is 0 Å². The number of anilines is 1. The molecule has 0 amide bonds. The number of fused-ring (bicyclic) bond motifs is 1. The Balaban J connectivity index is 1.31. The van der Waals surface area contributed by atoms with E-state index >= 15 is 0 Å². The van der Waals surface area contributed by atoms with E-state index in [0.29, 0.717) is 17.1 Å². The molecule has 4 fully saturated rings. The van der Waals surface area contributed by atoms with Crippen LogP contribution in [0.25, 0.3) is 15.9 Å². The van der Waals surface area contributed by atoms with E-state index in [1.54, 1.807) is 11.9 Å². The summed E-state index contributed by atoms with van der Waals surface area (Å²) in [5.74, 6) is 0.356. The quantitative estimate of drug-likeness (QED) is 0.316. The van der Waals surface area contributed by atoms with Crippen LogP contribution < -0.4 is 15.4 Å². The third-order valence-electron chi connectivity index (χ3n) is 8.49. The summed E-state index contributed by atoms with van der Waals surface area (Å²) in [6.07, 6.45) is 5.98. The first kappa shape index (κ1) is 24.5. The monoisotopic (exact) mass is 595 g/mol. The summed E-state index contributed by atoms with van der Waals surface area (Å²) >= 11 is 1.04. The van der Waals surface area contributed by atoms with E-state index in [0.717, 1.165) is 73.0 Å². The van der Waals surface area contributed by atoms with Crippen molar-refractivity contribution in [3.63, 3.8) is 0 Å². The van der Waals surface area contributed by atoms with Crippen molar-refractivity contribution in [2.75, 3.05) is 31.2 Å². The van der Waals surface area contributed by atoms with E-state index in [4.69, 9.17) is 15.5 Å². The van der Waals surface area contributed by atoms with Crippen LogP contribution in [0.5, 0.6) is 0 Å². The second-order valence-electron chi connectivity index (χ2n) is 11.4. The van der Waals surface area contributed by atoms with Crippen molar-refractivity contribution in [3.05, 3.63) is 22.5 Å². The van der Waals surface area contributed by atoms with Crippen molar-refractivity contribution in [1.29, 1.82) is 0 Å². The van der Waals surface area contributed by atoms with Crippen LogP contribution in [-0.2, 0) is 4.74 Å². The van der Waals surface area contributed by atoms with E-state index in [-0.39, 0.29) is 21.6 Å². The minimum absolute atomic E-state index is 0.0606. The van der Waals surface area contributed by atoms with Crippen molar-refractivity contribution >= 4 is 37.8 Å². The molecule has 0 aromatic carbocycles. The molecule has 2 aliphatic heterocycles. The number of aromatic nitrogens is 4. The fourth-order valence-electron chi connectivity index (χ4n) is 5.53. The van der Waals surface area contributed by atoms with E-state index in [2.05, 4.69) is 43.4 Å². The Kier molecular flexibility index (Phi) is 5.95. The van der Waals surface area contributed by atoms with E-state index in [9.17, 15) is 8.78 Å². The fourth-order valence-corrected chi connectivity index (χ4v) is 8.00. The van der Waals surface area contributed by atoms with Gasteiger partial charge in [0.15, 0.2) is 0 Å². The van der Waals surface area contributed by atoms with Crippen LogP contribution in [0.3, 0.4) is 0 Å². The third kappa shape index (κ3) is 4.43. The normalized spacial score (nSPS) is 24.6. The van der Waals surface area contributed by atoms with Crippen LogP contribution in [-0.4, -0.2) is 72.0 Å². The number of halogens is 2. The standard InChI is InChI=1S/C25H31F2N7OSSe/c1-24(4-5-24)32-36-15-10-16(33-8-6-25(7-9-33)13-35-12-17(25)28)21-29-18(14-2-3-14)19(34(21)11-15)22-30-31-23(37-22)20(26)27/h10-11,14,17,20,32H,2-9,12-13,28H2,1H3. The number of ether oxygens (including phenoxy) is 1. The molecule has 2 saturated heterocycles. The summed E-state index contributed by atoms with van der Waals surface area (Å²) in [7, 11) is 0. The topological polar surface area (TPSA) is 93.6 Å². The summed E-state index contributed by atoms with van der Waals surface area (Å²) in [6.45, 7) is 5.39. The number of imidazole rings is 1. The van der Waals surface area contributed by atoms with Crippen molar-refractivity contribution in [3.8, 4) is 10.3 Å². The fraction of sp³-hybridized carbons (Fsp3) is 0.640. The number of nitrogens with zero attached hydrogens (tertiary/aromatic N) is 5. The Bertz CT molecular complexity index is 1330. The number of nitrogens with two attached hydrogens (primary N) is 1. The SMILES string of the molecule is CC1(NSc2cc(N3CCC4(CC3)COCC4N)c3nc(C4CC4)c(-c4nnc(C(F)F)[se]4)n3c2)CC1. The molecule has 3 aromatic rings. The molecule has 1 atom stereocenters. The molecule has 7 rings (SSSR count). The van der Waals surface area contributed by atoms with Crippen molar-refractivity contribution < 1.29 is 13.5 Å². The Labute approximate surface area is 224 Å². The number of hydrogen-bond acceptors (Lipinski definition) is 8. The Hall–Kier alpha value is -1.56. The molecule has 3 N–H and O–H groups in total. The first-order chi connectivity index (χ1) is 17.8. The van der Waals surface area contributed by atoms with E-state index < -0.39 is 20.9 Å². The minimum atomic E-state index is -2.57. The number of alkyl halides is 2. The molecule has 198 valence electrons. The predicted octanol–water partition coefficient (Wildman–Crippen LogP) is 3.76. The molecule has 12 heteroatoms. The molecule has 2 aliphatic carbocycles. The molecule has 3 aromatic heterocycles. The molecule has 5 heterocycles. The van der Waals surface area contributed by atoms with Crippen LogP contribution in [0.4, 0.5) is 14.5 Å². The van der Waals surface area contributed by atoms with Gasteiger partial charge in [-0.15, -0.1) is 0 Å². The summed E-state index contributed by atoms with van der Waals surface area (Å²) < 4.78 is 38.9. The zero-order valence-corrected chi connectivity index (χ0v) is 23.3. The number of hydrogen-bond donors (Lipinski definition) is 2. The average Bonchev–Trinajstić information content (AvgIpc) is 3.73. The molecule has 1 unspecified atom stereocenters. The number of nitrogens with one attached hydrogen (secondary N) is 1. The third-order valence-corrected chi connectivity index (χ3v) is 11.5. The van der Waals surface area contributed by atoms with Gasteiger partial charge in [-0.1, -0.05) is 0 Å². The van der Waals surface area contributed by atoms with Crippen molar-refractivity contribution in [2.24, 2.45) is 11.1 Å². The molecule has 0 bridgehead atoms. The van der Waals surface area contributed by atoms with Gasteiger partial charge in [0.25, 0.3) is 0 Å². The van der Waals surface area contributed by atoms with Crippen LogP contribution in [0.2, 0.25) is 0 Å². The second-order valence-corrected chi connectivity index (χ2v) is 14.4. The zero-order chi connectivity index (χ0) is 25.4. The molecule has 1 spiro atoms. The molecular weight excluding hydrogens is 563 g/mol. The van der Waals surface area contributed by atoms with Gasteiger partial charge in [0, 0.05) is 0 Å². The van der Waals surface area contributed by atoms with Crippen molar-refractivity contribution in [1.82, 2.24) is 24.3 Å². The molecule has 37 heavy (non-hydrogen) atoms. The predicted molar refractivity (Wildman–Crippen MR) is 139 cm³/mol. The summed E-state index contributed by atoms with van der Waals surface area (Å²) in [4.78, 5) is 8.67. The first-order valence-corrected chi connectivity index (χ1v) is 15.6. The van der Waals surface area contributed by atoms with Crippen LogP contribution in [0.15, 0.2) is 17.2 Å². The maximum absolute atomic E-state index is 13.4. The summed E-state index contributed by atoms with van der Waals surface area (Å²) in [5.41, 5.74) is 10.5.